The Labute approximate surface area is 115 Å². The molecular weight excluding hydrogens is 244 g/mol. The van der Waals surface area contributed by atoms with E-state index < -0.39 is 5.97 Å². The van der Waals surface area contributed by atoms with E-state index in [-0.39, 0.29) is 17.9 Å². The summed E-state index contributed by atoms with van der Waals surface area (Å²) < 4.78 is 5.34. The van der Waals surface area contributed by atoms with Gasteiger partial charge in [-0.25, -0.2) is 0 Å². The average Bonchev–Trinajstić information content (AvgIpc) is 2.36. The summed E-state index contributed by atoms with van der Waals surface area (Å²) in [4.78, 5) is 13.0. The molecule has 1 unspecified atom stereocenters. The average molecular weight is 268 g/mol. The molecule has 1 atom stereocenters. The molecule has 0 aromatic carbocycles. The van der Waals surface area contributed by atoms with Crippen LogP contribution in [0.25, 0.3) is 0 Å². The van der Waals surface area contributed by atoms with Crippen LogP contribution < -0.4 is 0 Å². The Morgan fingerprint density at radius 2 is 2.26 bits per heavy atom. The summed E-state index contributed by atoms with van der Waals surface area (Å²) in [6, 6.07) is 2.30. The SMILES string of the molecule is CC(C)(C#N)CCCCN1CCOCC1CC(=O)O. The summed E-state index contributed by atoms with van der Waals surface area (Å²) in [5.74, 6) is -0.772. The molecule has 0 spiro atoms. The molecule has 108 valence electrons. The molecule has 1 rings (SSSR count). The van der Waals surface area contributed by atoms with Gasteiger partial charge in [0.15, 0.2) is 0 Å². The molecule has 0 aromatic rings. The first-order valence-electron chi connectivity index (χ1n) is 6.89. The van der Waals surface area contributed by atoms with Gasteiger partial charge in [0.25, 0.3) is 0 Å². The molecule has 1 fully saturated rings. The first-order chi connectivity index (χ1) is 8.94. The maximum absolute atomic E-state index is 10.8. The van der Waals surface area contributed by atoms with E-state index in [1.165, 1.54) is 0 Å². The van der Waals surface area contributed by atoms with Crippen molar-refractivity contribution >= 4 is 5.97 Å². The van der Waals surface area contributed by atoms with Gasteiger partial charge in [-0.1, -0.05) is 6.42 Å². The predicted octanol–water partition coefficient (Wildman–Crippen LogP) is 1.88. The molecule has 0 amide bonds. The molecule has 0 bridgehead atoms. The van der Waals surface area contributed by atoms with E-state index in [4.69, 9.17) is 15.1 Å². The van der Waals surface area contributed by atoms with Crippen molar-refractivity contribution in [2.45, 2.75) is 45.6 Å². The van der Waals surface area contributed by atoms with Crippen LogP contribution in [-0.4, -0.2) is 48.3 Å². The van der Waals surface area contributed by atoms with E-state index in [0.717, 1.165) is 32.4 Å². The fourth-order valence-electron chi connectivity index (χ4n) is 2.31. The zero-order valence-electron chi connectivity index (χ0n) is 11.9. The number of nitrogens with zero attached hydrogens (tertiary/aromatic N) is 2. The Bertz CT molecular complexity index is 336. The second kappa shape index (κ2) is 7.46. The third kappa shape index (κ3) is 6.04. The van der Waals surface area contributed by atoms with Crippen molar-refractivity contribution in [1.82, 2.24) is 4.90 Å². The second-order valence-electron chi connectivity index (χ2n) is 5.82. The highest BCUT2D eigenvalue weighted by Gasteiger charge is 2.25. The Morgan fingerprint density at radius 3 is 2.89 bits per heavy atom. The molecule has 0 radical (unpaired) electrons. The molecule has 5 heteroatoms. The number of carboxylic acid groups (broad SMARTS) is 1. The van der Waals surface area contributed by atoms with Crippen LogP contribution in [0.4, 0.5) is 0 Å². The molecular formula is C14H24N2O3. The Balaban J connectivity index is 2.30. The first-order valence-corrected chi connectivity index (χ1v) is 6.89. The zero-order valence-corrected chi connectivity index (χ0v) is 11.9. The Kier molecular flexibility index (Phi) is 6.26. The molecule has 5 nitrogen and oxygen atoms in total. The summed E-state index contributed by atoms with van der Waals surface area (Å²) in [5, 5.41) is 17.8. The van der Waals surface area contributed by atoms with Crippen molar-refractivity contribution in [2.75, 3.05) is 26.3 Å². The molecule has 1 heterocycles. The third-order valence-electron chi connectivity index (χ3n) is 3.56. The number of ether oxygens (including phenoxy) is 1. The highest BCUT2D eigenvalue weighted by atomic mass is 16.5. The quantitative estimate of drug-likeness (QED) is 0.714. The summed E-state index contributed by atoms with van der Waals surface area (Å²) in [5.41, 5.74) is -0.258. The van der Waals surface area contributed by atoms with E-state index in [1.807, 2.05) is 13.8 Å². The Morgan fingerprint density at radius 1 is 1.53 bits per heavy atom. The van der Waals surface area contributed by atoms with Crippen LogP contribution >= 0.6 is 0 Å². The van der Waals surface area contributed by atoms with Crippen LogP contribution in [0.3, 0.4) is 0 Å². The van der Waals surface area contributed by atoms with Crippen molar-refractivity contribution in [3.63, 3.8) is 0 Å². The molecule has 1 aliphatic heterocycles. The topological polar surface area (TPSA) is 73.6 Å². The molecule has 1 aliphatic rings. The third-order valence-corrected chi connectivity index (χ3v) is 3.56. The molecule has 0 aliphatic carbocycles. The lowest BCUT2D eigenvalue weighted by molar-refractivity contribution is -0.140. The number of aliphatic carboxylic acids is 1. The zero-order chi connectivity index (χ0) is 14.3. The number of morpholine rings is 1. The fourth-order valence-corrected chi connectivity index (χ4v) is 2.31. The minimum atomic E-state index is -0.772. The smallest absolute Gasteiger partial charge is 0.305 e. The lowest BCUT2D eigenvalue weighted by atomic mass is 9.89. The number of rotatable bonds is 7. The highest BCUT2D eigenvalue weighted by Crippen LogP contribution is 2.22. The van der Waals surface area contributed by atoms with Crippen molar-refractivity contribution in [3.05, 3.63) is 0 Å². The number of carboxylic acids is 1. The molecule has 1 N–H and O–H groups in total. The Hall–Kier alpha value is -1.12. The minimum Gasteiger partial charge on any atom is -0.481 e. The lowest BCUT2D eigenvalue weighted by Gasteiger charge is -2.34. The number of carbonyl (C=O) groups is 1. The molecule has 19 heavy (non-hydrogen) atoms. The van der Waals surface area contributed by atoms with Crippen molar-refractivity contribution in [1.29, 1.82) is 5.26 Å². The number of hydrogen-bond donors (Lipinski definition) is 1. The van der Waals surface area contributed by atoms with E-state index in [2.05, 4.69) is 11.0 Å². The monoisotopic (exact) mass is 268 g/mol. The fraction of sp³-hybridized carbons (Fsp3) is 0.857. The van der Waals surface area contributed by atoms with Gasteiger partial charge < -0.3 is 9.84 Å². The van der Waals surface area contributed by atoms with Gasteiger partial charge in [-0.3, -0.25) is 9.69 Å². The van der Waals surface area contributed by atoms with Crippen molar-refractivity contribution in [2.24, 2.45) is 5.41 Å². The van der Waals surface area contributed by atoms with Gasteiger partial charge in [-0.2, -0.15) is 5.26 Å². The van der Waals surface area contributed by atoms with Gasteiger partial charge in [0.1, 0.15) is 0 Å². The van der Waals surface area contributed by atoms with Crippen LogP contribution in [-0.2, 0) is 9.53 Å². The van der Waals surface area contributed by atoms with Crippen molar-refractivity contribution in [3.8, 4) is 6.07 Å². The van der Waals surface area contributed by atoms with Crippen LogP contribution in [0.15, 0.2) is 0 Å². The maximum Gasteiger partial charge on any atom is 0.305 e. The van der Waals surface area contributed by atoms with E-state index in [9.17, 15) is 4.79 Å². The minimum absolute atomic E-state index is 0.00442. The summed E-state index contributed by atoms with van der Waals surface area (Å²) in [6.07, 6.45) is 3.03. The van der Waals surface area contributed by atoms with Crippen LogP contribution in [0.5, 0.6) is 0 Å². The number of nitriles is 1. The highest BCUT2D eigenvalue weighted by molar-refractivity contribution is 5.67. The first kappa shape index (κ1) is 15.9. The molecule has 1 saturated heterocycles. The summed E-state index contributed by atoms with van der Waals surface area (Å²) in [7, 11) is 0. The summed E-state index contributed by atoms with van der Waals surface area (Å²) in [6.45, 7) is 6.79. The van der Waals surface area contributed by atoms with E-state index in [1.54, 1.807) is 0 Å². The molecule has 0 aromatic heterocycles. The second-order valence-corrected chi connectivity index (χ2v) is 5.82. The van der Waals surface area contributed by atoms with E-state index in [0.29, 0.717) is 13.2 Å². The standard InChI is InChI=1S/C14H24N2O3/c1-14(2,11-15)5-3-4-6-16-7-8-19-10-12(16)9-13(17)18/h12H,3-10H2,1-2H3,(H,17,18). The number of unbranched alkanes of at least 4 members (excludes halogenated alkanes) is 1. The number of hydrogen-bond acceptors (Lipinski definition) is 4. The van der Waals surface area contributed by atoms with E-state index >= 15 is 0 Å². The maximum atomic E-state index is 10.8. The normalized spacial score (nSPS) is 21.0. The van der Waals surface area contributed by atoms with Gasteiger partial charge in [0.2, 0.25) is 0 Å². The lowest BCUT2D eigenvalue weighted by Crippen LogP contribution is -2.46. The summed E-state index contributed by atoms with van der Waals surface area (Å²) >= 11 is 0. The van der Waals surface area contributed by atoms with Gasteiger partial charge in [0, 0.05) is 12.6 Å². The largest absolute Gasteiger partial charge is 0.481 e. The van der Waals surface area contributed by atoms with Crippen LogP contribution in [0.1, 0.15) is 39.5 Å². The van der Waals surface area contributed by atoms with Gasteiger partial charge in [0.05, 0.1) is 31.1 Å². The van der Waals surface area contributed by atoms with Crippen molar-refractivity contribution < 1.29 is 14.6 Å². The predicted molar refractivity (Wildman–Crippen MR) is 71.7 cm³/mol. The van der Waals surface area contributed by atoms with Crippen LogP contribution in [0, 0.1) is 16.7 Å². The molecule has 0 saturated carbocycles. The van der Waals surface area contributed by atoms with Gasteiger partial charge >= 0.3 is 5.97 Å². The van der Waals surface area contributed by atoms with Crippen LogP contribution in [0.2, 0.25) is 0 Å². The van der Waals surface area contributed by atoms with Gasteiger partial charge in [-0.05, 0) is 33.2 Å². The van der Waals surface area contributed by atoms with Gasteiger partial charge in [-0.15, -0.1) is 0 Å².